The molecule has 1 fully saturated rings. The average Bonchev–Trinajstić information content (AvgIpc) is 2.88. The van der Waals surface area contributed by atoms with E-state index in [0.717, 1.165) is 0 Å². The monoisotopic (exact) mass is 337 g/mol. The van der Waals surface area contributed by atoms with Gasteiger partial charge in [-0.05, 0) is 12.8 Å². The van der Waals surface area contributed by atoms with Crippen molar-refractivity contribution in [2.45, 2.75) is 45.8 Å². The van der Waals surface area contributed by atoms with Crippen molar-refractivity contribution in [1.82, 2.24) is 15.5 Å². The van der Waals surface area contributed by atoms with Gasteiger partial charge in [-0.25, -0.2) is 0 Å². The summed E-state index contributed by atoms with van der Waals surface area (Å²) in [5.41, 5.74) is -0.632. The number of halogens is 3. The predicted octanol–water partition coefficient (Wildman–Crippen LogP) is 0.818. The van der Waals surface area contributed by atoms with E-state index in [9.17, 15) is 27.6 Å². The van der Waals surface area contributed by atoms with Gasteiger partial charge in [0.15, 0.2) is 0 Å². The Hall–Kier alpha value is -1.80. The van der Waals surface area contributed by atoms with E-state index in [1.54, 1.807) is 26.1 Å². The highest BCUT2D eigenvalue weighted by atomic mass is 19.4. The van der Waals surface area contributed by atoms with Gasteiger partial charge in [0, 0.05) is 12.0 Å². The van der Waals surface area contributed by atoms with E-state index >= 15 is 0 Å². The first kappa shape index (κ1) is 19.2. The fourth-order valence-electron chi connectivity index (χ4n) is 2.26. The summed E-state index contributed by atoms with van der Waals surface area (Å²) in [5.74, 6) is -1.62. The average molecular weight is 337 g/mol. The van der Waals surface area contributed by atoms with Gasteiger partial charge in [0.2, 0.25) is 17.7 Å². The summed E-state index contributed by atoms with van der Waals surface area (Å²) >= 11 is 0. The molecule has 1 atom stereocenters. The minimum absolute atomic E-state index is 0.170. The van der Waals surface area contributed by atoms with Crippen LogP contribution in [0.1, 0.15) is 33.6 Å². The van der Waals surface area contributed by atoms with Crippen LogP contribution in [0.4, 0.5) is 13.2 Å². The SMILES string of the molecule is CC(C)(C)C(=O)N1CCCC1C(=O)NCC(=O)NCC(F)(F)F. The second kappa shape index (κ2) is 7.18. The van der Waals surface area contributed by atoms with Gasteiger partial charge < -0.3 is 15.5 Å². The minimum Gasteiger partial charge on any atom is -0.345 e. The van der Waals surface area contributed by atoms with Gasteiger partial charge in [-0.1, -0.05) is 20.8 Å². The molecule has 0 saturated carbocycles. The van der Waals surface area contributed by atoms with Crippen LogP contribution >= 0.6 is 0 Å². The molecule has 6 nitrogen and oxygen atoms in total. The molecule has 9 heteroatoms. The largest absolute Gasteiger partial charge is 0.405 e. The first-order chi connectivity index (χ1) is 10.4. The first-order valence-corrected chi connectivity index (χ1v) is 7.34. The summed E-state index contributed by atoms with van der Waals surface area (Å²) in [6.45, 7) is 3.69. The lowest BCUT2D eigenvalue weighted by molar-refractivity contribution is -0.145. The van der Waals surface area contributed by atoms with Crippen LogP contribution in [0.15, 0.2) is 0 Å². The minimum atomic E-state index is -4.50. The zero-order chi connectivity index (χ0) is 17.8. The maximum atomic E-state index is 12.3. The summed E-state index contributed by atoms with van der Waals surface area (Å²) < 4.78 is 35.9. The highest BCUT2D eigenvalue weighted by Crippen LogP contribution is 2.25. The lowest BCUT2D eigenvalue weighted by Crippen LogP contribution is -2.51. The fourth-order valence-corrected chi connectivity index (χ4v) is 2.26. The Morgan fingerprint density at radius 1 is 1.13 bits per heavy atom. The smallest absolute Gasteiger partial charge is 0.345 e. The molecule has 1 rings (SSSR count). The van der Waals surface area contributed by atoms with Crippen molar-refractivity contribution in [3.63, 3.8) is 0 Å². The van der Waals surface area contributed by atoms with E-state index in [2.05, 4.69) is 5.32 Å². The highest BCUT2D eigenvalue weighted by molar-refractivity contribution is 5.92. The number of carbonyl (C=O) groups excluding carboxylic acids is 3. The molecule has 132 valence electrons. The second-order valence-corrected chi connectivity index (χ2v) is 6.52. The number of nitrogens with one attached hydrogen (secondary N) is 2. The molecule has 1 unspecified atom stereocenters. The molecule has 0 aromatic heterocycles. The molecular weight excluding hydrogens is 315 g/mol. The van der Waals surface area contributed by atoms with Crippen LogP contribution < -0.4 is 10.6 Å². The topological polar surface area (TPSA) is 78.5 Å². The van der Waals surface area contributed by atoms with Crippen LogP contribution in [-0.4, -0.2) is 54.5 Å². The molecule has 1 aliphatic rings. The van der Waals surface area contributed by atoms with E-state index in [1.165, 1.54) is 4.90 Å². The third-order valence-corrected chi connectivity index (χ3v) is 3.37. The zero-order valence-electron chi connectivity index (χ0n) is 13.4. The number of alkyl halides is 3. The number of nitrogens with zero attached hydrogens (tertiary/aromatic N) is 1. The van der Waals surface area contributed by atoms with E-state index in [4.69, 9.17) is 0 Å². The maximum Gasteiger partial charge on any atom is 0.405 e. The van der Waals surface area contributed by atoms with E-state index in [1.807, 2.05) is 0 Å². The van der Waals surface area contributed by atoms with Crippen LogP contribution in [-0.2, 0) is 14.4 Å². The molecule has 0 radical (unpaired) electrons. The summed E-state index contributed by atoms with van der Waals surface area (Å²) in [7, 11) is 0. The van der Waals surface area contributed by atoms with Crippen molar-refractivity contribution >= 4 is 17.7 Å². The Morgan fingerprint density at radius 3 is 2.26 bits per heavy atom. The molecule has 0 aliphatic carbocycles. The van der Waals surface area contributed by atoms with Crippen molar-refractivity contribution in [3.05, 3.63) is 0 Å². The van der Waals surface area contributed by atoms with Gasteiger partial charge in [0.05, 0.1) is 6.54 Å². The Kier molecular flexibility index (Phi) is 6.01. The molecule has 0 aromatic carbocycles. The molecule has 0 aromatic rings. The molecule has 3 amide bonds. The molecule has 1 saturated heterocycles. The summed E-state index contributed by atoms with van der Waals surface area (Å²) in [6, 6.07) is -0.683. The third-order valence-electron chi connectivity index (χ3n) is 3.37. The highest BCUT2D eigenvalue weighted by Gasteiger charge is 2.38. The molecule has 23 heavy (non-hydrogen) atoms. The summed E-state index contributed by atoms with van der Waals surface area (Å²) in [4.78, 5) is 37.1. The van der Waals surface area contributed by atoms with E-state index in [-0.39, 0.29) is 5.91 Å². The third kappa shape index (κ3) is 6.07. The van der Waals surface area contributed by atoms with Gasteiger partial charge in [-0.15, -0.1) is 0 Å². The Balaban J connectivity index is 2.51. The number of hydrogen-bond donors (Lipinski definition) is 2. The van der Waals surface area contributed by atoms with Crippen LogP contribution in [0.5, 0.6) is 0 Å². The van der Waals surface area contributed by atoms with Gasteiger partial charge in [0.25, 0.3) is 0 Å². The normalized spacial score (nSPS) is 18.7. The van der Waals surface area contributed by atoms with E-state index in [0.29, 0.717) is 19.4 Å². The van der Waals surface area contributed by atoms with E-state index < -0.39 is 42.5 Å². The predicted molar refractivity (Wildman–Crippen MR) is 76.3 cm³/mol. The van der Waals surface area contributed by atoms with Crippen molar-refractivity contribution in [3.8, 4) is 0 Å². The standard InChI is InChI=1S/C14H22F3N3O3/c1-13(2,3)12(23)20-6-4-5-9(20)11(22)18-7-10(21)19-8-14(15,16)17/h9H,4-8H2,1-3H3,(H,18,22)(H,19,21). The Labute approximate surface area is 132 Å². The number of carbonyl (C=O) groups is 3. The van der Waals surface area contributed by atoms with Crippen molar-refractivity contribution in [2.24, 2.45) is 5.41 Å². The molecule has 2 N–H and O–H groups in total. The number of rotatable bonds is 4. The quantitative estimate of drug-likeness (QED) is 0.797. The van der Waals surface area contributed by atoms with Crippen LogP contribution in [0, 0.1) is 5.41 Å². The number of likely N-dealkylation sites (tertiary alicyclic amines) is 1. The molecule has 1 heterocycles. The molecule has 0 spiro atoms. The Morgan fingerprint density at radius 2 is 1.74 bits per heavy atom. The molecular formula is C14H22F3N3O3. The van der Waals surface area contributed by atoms with Gasteiger partial charge in [0.1, 0.15) is 12.6 Å². The van der Waals surface area contributed by atoms with Crippen molar-refractivity contribution in [2.75, 3.05) is 19.6 Å². The Bertz CT molecular complexity index is 472. The van der Waals surface area contributed by atoms with Crippen LogP contribution in [0.3, 0.4) is 0 Å². The van der Waals surface area contributed by atoms with Crippen molar-refractivity contribution < 1.29 is 27.6 Å². The van der Waals surface area contributed by atoms with Gasteiger partial charge in [-0.3, -0.25) is 14.4 Å². The zero-order valence-corrected chi connectivity index (χ0v) is 13.4. The molecule has 1 aliphatic heterocycles. The maximum absolute atomic E-state index is 12.3. The lowest BCUT2D eigenvalue weighted by atomic mass is 9.94. The summed E-state index contributed by atoms with van der Waals surface area (Å²) in [6.07, 6.45) is -3.36. The van der Waals surface area contributed by atoms with Crippen molar-refractivity contribution in [1.29, 1.82) is 0 Å². The first-order valence-electron chi connectivity index (χ1n) is 7.34. The fraction of sp³-hybridized carbons (Fsp3) is 0.786. The second-order valence-electron chi connectivity index (χ2n) is 6.52. The van der Waals surface area contributed by atoms with Gasteiger partial charge in [-0.2, -0.15) is 13.2 Å². The van der Waals surface area contributed by atoms with Crippen LogP contribution in [0.25, 0.3) is 0 Å². The summed E-state index contributed by atoms with van der Waals surface area (Å²) in [5, 5.41) is 3.95. The lowest BCUT2D eigenvalue weighted by Gasteiger charge is -2.30. The van der Waals surface area contributed by atoms with Gasteiger partial charge >= 0.3 is 6.18 Å². The number of hydrogen-bond acceptors (Lipinski definition) is 3. The molecule has 0 bridgehead atoms. The van der Waals surface area contributed by atoms with Crippen LogP contribution in [0.2, 0.25) is 0 Å². The number of amides is 3.